The number of aromatic carboxylic acids is 1. The molecule has 0 bridgehead atoms. The van der Waals surface area contributed by atoms with Gasteiger partial charge >= 0.3 is 5.97 Å². The van der Waals surface area contributed by atoms with Gasteiger partial charge in [-0.2, -0.15) is 0 Å². The molecule has 1 aromatic heterocycles. The Morgan fingerprint density at radius 3 is 2.41 bits per heavy atom. The molecule has 0 atom stereocenters. The fourth-order valence-corrected chi connectivity index (χ4v) is 3.22. The lowest BCUT2D eigenvalue weighted by atomic mass is 10.0. The van der Waals surface area contributed by atoms with E-state index >= 15 is 0 Å². The van der Waals surface area contributed by atoms with Crippen molar-refractivity contribution in [1.29, 1.82) is 0 Å². The topological polar surface area (TPSA) is 99.9 Å². The largest absolute Gasteiger partial charge is 0.478 e. The summed E-state index contributed by atoms with van der Waals surface area (Å²) >= 11 is 0. The Labute approximate surface area is 157 Å². The summed E-state index contributed by atoms with van der Waals surface area (Å²) in [6, 6.07) is 10.3. The van der Waals surface area contributed by atoms with Gasteiger partial charge in [0.2, 0.25) is 0 Å². The summed E-state index contributed by atoms with van der Waals surface area (Å²) < 4.78 is 5.45. The first-order valence-corrected chi connectivity index (χ1v) is 9.00. The number of rotatable bonds is 5. The fraction of sp³-hybridized carbons (Fsp3) is 0.350. The third-order valence-corrected chi connectivity index (χ3v) is 4.72. The van der Waals surface area contributed by atoms with Gasteiger partial charge in [0, 0.05) is 37.2 Å². The molecule has 0 unspecified atom stereocenters. The quantitative estimate of drug-likeness (QED) is 0.843. The monoisotopic (exact) mass is 370 g/mol. The molecular weight excluding hydrogens is 348 g/mol. The van der Waals surface area contributed by atoms with Gasteiger partial charge in [-0.25, -0.2) is 4.79 Å². The van der Waals surface area contributed by atoms with Crippen molar-refractivity contribution in [2.24, 2.45) is 0 Å². The molecule has 142 valence electrons. The molecule has 1 aliphatic heterocycles. The number of nitrogens with one attached hydrogen (secondary N) is 1. The van der Waals surface area contributed by atoms with E-state index in [1.54, 1.807) is 24.0 Å². The summed E-state index contributed by atoms with van der Waals surface area (Å²) in [7, 11) is 0. The number of benzene rings is 1. The molecule has 3 rings (SSSR count). The van der Waals surface area contributed by atoms with E-state index < -0.39 is 5.97 Å². The summed E-state index contributed by atoms with van der Waals surface area (Å²) in [5.41, 5.74) is 0.644. The number of hydrogen-bond donors (Lipinski definition) is 2. The minimum absolute atomic E-state index is 0.000796. The van der Waals surface area contributed by atoms with Gasteiger partial charge in [-0.3, -0.25) is 9.59 Å². The molecule has 2 N–H and O–H groups in total. The lowest BCUT2D eigenvalue weighted by molar-refractivity contribution is 0.0661. The molecule has 27 heavy (non-hydrogen) atoms. The van der Waals surface area contributed by atoms with Crippen molar-refractivity contribution in [3.8, 4) is 0 Å². The molecule has 0 saturated carbocycles. The molecular formula is C20H22N2O5. The van der Waals surface area contributed by atoms with E-state index in [9.17, 15) is 19.5 Å². The van der Waals surface area contributed by atoms with Crippen LogP contribution < -0.4 is 5.32 Å². The smallest absolute Gasteiger partial charge is 0.339 e. The Balaban J connectivity index is 1.58. The number of likely N-dealkylation sites (tertiary alicyclic amines) is 1. The van der Waals surface area contributed by atoms with E-state index in [1.165, 1.54) is 6.07 Å². The Morgan fingerprint density at radius 2 is 1.85 bits per heavy atom. The zero-order chi connectivity index (χ0) is 19.4. The molecule has 7 nitrogen and oxygen atoms in total. The standard InChI is InChI=1S/C20H22N2O5/c1-2-16-15(20(25)26)12-17(27-16)19(24)22-10-8-14(9-11-22)21-18(23)13-6-4-3-5-7-13/h3-7,12,14H,2,8-11H2,1H3,(H,21,23)(H,25,26). The second-order valence-electron chi connectivity index (χ2n) is 6.51. The molecule has 1 saturated heterocycles. The molecule has 1 aromatic carbocycles. The Hall–Kier alpha value is -3.09. The summed E-state index contributed by atoms with van der Waals surface area (Å²) in [5.74, 6) is -1.18. The summed E-state index contributed by atoms with van der Waals surface area (Å²) in [4.78, 5) is 37.7. The summed E-state index contributed by atoms with van der Waals surface area (Å²) in [6.07, 6.45) is 1.68. The average molecular weight is 370 g/mol. The lowest BCUT2D eigenvalue weighted by Gasteiger charge is -2.31. The van der Waals surface area contributed by atoms with Gasteiger partial charge in [-0.15, -0.1) is 0 Å². The molecule has 1 aliphatic rings. The van der Waals surface area contributed by atoms with Gasteiger partial charge in [0.25, 0.3) is 11.8 Å². The molecule has 7 heteroatoms. The lowest BCUT2D eigenvalue weighted by Crippen LogP contribution is -2.46. The van der Waals surface area contributed by atoms with Gasteiger partial charge in [-0.1, -0.05) is 25.1 Å². The van der Waals surface area contributed by atoms with Crippen molar-refractivity contribution < 1.29 is 23.9 Å². The van der Waals surface area contributed by atoms with Crippen molar-refractivity contribution in [3.05, 3.63) is 59.0 Å². The highest BCUT2D eigenvalue weighted by atomic mass is 16.4. The number of furan rings is 1. The van der Waals surface area contributed by atoms with Crippen molar-refractivity contribution in [1.82, 2.24) is 10.2 Å². The van der Waals surface area contributed by atoms with Crippen LogP contribution in [-0.2, 0) is 6.42 Å². The first kappa shape index (κ1) is 18.7. The molecule has 0 aliphatic carbocycles. The van der Waals surface area contributed by atoms with E-state index in [4.69, 9.17) is 4.42 Å². The van der Waals surface area contributed by atoms with Crippen LogP contribution in [-0.4, -0.2) is 46.9 Å². The van der Waals surface area contributed by atoms with Crippen molar-refractivity contribution in [2.45, 2.75) is 32.2 Å². The zero-order valence-electron chi connectivity index (χ0n) is 15.1. The predicted octanol–water partition coefficient (Wildman–Crippen LogP) is 2.57. The Bertz CT molecular complexity index is 835. The highest BCUT2D eigenvalue weighted by Gasteiger charge is 2.28. The normalized spacial score (nSPS) is 14.8. The first-order valence-electron chi connectivity index (χ1n) is 9.00. The molecule has 2 amide bonds. The van der Waals surface area contributed by atoms with Gasteiger partial charge in [0.05, 0.1) is 0 Å². The molecule has 2 heterocycles. The van der Waals surface area contributed by atoms with Crippen molar-refractivity contribution in [2.75, 3.05) is 13.1 Å². The number of carbonyl (C=O) groups is 3. The van der Waals surface area contributed by atoms with Crippen LogP contribution in [0.2, 0.25) is 0 Å². The third-order valence-electron chi connectivity index (χ3n) is 4.72. The number of hydrogen-bond acceptors (Lipinski definition) is 4. The maximum absolute atomic E-state index is 12.6. The van der Waals surface area contributed by atoms with E-state index in [0.717, 1.165) is 0 Å². The summed E-state index contributed by atoms with van der Waals surface area (Å²) in [6.45, 7) is 2.73. The number of piperidine rings is 1. The van der Waals surface area contributed by atoms with Crippen LogP contribution in [0, 0.1) is 0 Å². The van der Waals surface area contributed by atoms with Gasteiger partial charge < -0.3 is 19.7 Å². The minimum atomic E-state index is -1.10. The van der Waals surface area contributed by atoms with Crippen LogP contribution in [0.25, 0.3) is 0 Å². The zero-order valence-corrected chi connectivity index (χ0v) is 15.1. The van der Waals surface area contributed by atoms with Crippen molar-refractivity contribution >= 4 is 17.8 Å². The number of amides is 2. The highest BCUT2D eigenvalue weighted by Crippen LogP contribution is 2.20. The van der Waals surface area contributed by atoms with Crippen LogP contribution in [0.5, 0.6) is 0 Å². The number of nitrogens with zero attached hydrogens (tertiary/aromatic N) is 1. The summed E-state index contributed by atoms with van der Waals surface area (Å²) in [5, 5.41) is 12.2. The van der Waals surface area contributed by atoms with Crippen LogP contribution >= 0.6 is 0 Å². The molecule has 1 fully saturated rings. The van der Waals surface area contributed by atoms with Gasteiger partial charge in [0.15, 0.2) is 5.76 Å². The van der Waals surface area contributed by atoms with Gasteiger partial charge in [0.1, 0.15) is 11.3 Å². The molecule has 0 spiro atoms. The van der Waals surface area contributed by atoms with Crippen LogP contribution in [0.1, 0.15) is 56.8 Å². The van der Waals surface area contributed by atoms with Gasteiger partial charge in [-0.05, 0) is 25.0 Å². The van der Waals surface area contributed by atoms with Crippen LogP contribution in [0.4, 0.5) is 0 Å². The second kappa shape index (κ2) is 8.07. The first-order chi connectivity index (χ1) is 13.0. The van der Waals surface area contributed by atoms with E-state index in [0.29, 0.717) is 43.7 Å². The Kier molecular flexibility index (Phi) is 5.59. The fourth-order valence-electron chi connectivity index (χ4n) is 3.22. The molecule has 2 aromatic rings. The maximum atomic E-state index is 12.6. The average Bonchev–Trinajstić information content (AvgIpc) is 3.13. The van der Waals surface area contributed by atoms with Crippen molar-refractivity contribution in [3.63, 3.8) is 0 Å². The van der Waals surface area contributed by atoms with E-state index in [-0.39, 0.29) is 29.2 Å². The number of carbonyl (C=O) groups excluding carboxylic acids is 2. The second-order valence-corrected chi connectivity index (χ2v) is 6.51. The Morgan fingerprint density at radius 1 is 1.19 bits per heavy atom. The van der Waals surface area contributed by atoms with E-state index in [1.807, 2.05) is 18.2 Å². The highest BCUT2D eigenvalue weighted by molar-refractivity contribution is 5.96. The molecule has 0 radical (unpaired) electrons. The SMILES string of the molecule is CCc1oc(C(=O)N2CCC(NC(=O)c3ccccc3)CC2)cc1C(=O)O. The number of aryl methyl sites for hydroxylation is 1. The minimum Gasteiger partial charge on any atom is -0.478 e. The number of carboxylic acid groups (broad SMARTS) is 1. The predicted molar refractivity (Wildman–Crippen MR) is 97.9 cm³/mol. The van der Waals surface area contributed by atoms with Crippen LogP contribution in [0.15, 0.2) is 40.8 Å². The third kappa shape index (κ3) is 4.19. The van der Waals surface area contributed by atoms with E-state index in [2.05, 4.69) is 5.32 Å². The number of carboxylic acids is 1. The van der Waals surface area contributed by atoms with Crippen LogP contribution in [0.3, 0.4) is 0 Å². The maximum Gasteiger partial charge on any atom is 0.339 e.